The van der Waals surface area contributed by atoms with Gasteiger partial charge in [0.15, 0.2) is 6.61 Å². The van der Waals surface area contributed by atoms with Gasteiger partial charge < -0.3 is 24.5 Å². The van der Waals surface area contributed by atoms with Crippen LogP contribution in [-0.2, 0) is 14.3 Å². The number of carbonyl (C=O) groups is 4. The summed E-state index contributed by atoms with van der Waals surface area (Å²) in [5.41, 5.74) is 1.75. The van der Waals surface area contributed by atoms with E-state index in [-0.39, 0.29) is 18.2 Å². The quantitative estimate of drug-likeness (QED) is 0.379. The summed E-state index contributed by atoms with van der Waals surface area (Å²) in [6, 6.07) is 5.60. The van der Waals surface area contributed by atoms with Gasteiger partial charge in [0.2, 0.25) is 5.78 Å². The molecule has 0 saturated carbocycles. The Morgan fingerprint density at radius 3 is 2.18 bits per heavy atom. The van der Waals surface area contributed by atoms with Crippen LogP contribution in [0, 0.1) is 19.8 Å². The van der Waals surface area contributed by atoms with E-state index in [2.05, 4.69) is 10.3 Å². The second-order valence-corrected chi connectivity index (χ2v) is 8.03. The number of aromatic nitrogens is 1. The number of hydrogen-bond acceptors (Lipinski definition) is 7. The first kappa shape index (κ1) is 26.6. The third-order valence-corrected chi connectivity index (χ3v) is 5.18. The largest absolute Gasteiger partial charge is 0.494 e. The lowest BCUT2D eigenvalue weighted by Gasteiger charge is -2.20. The van der Waals surface area contributed by atoms with E-state index in [4.69, 9.17) is 14.2 Å². The summed E-state index contributed by atoms with van der Waals surface area (Å²) >= 11 is 0. The van der Waals surface area contributed by atoms with Gasteiger partial charge in [0.1, 0.15) is 11.8 Å². The molecule has 0 aliphatic heterocycles. The number of nitrogens with one attached hydrogen (secondary N) is 2. The summed E-state index contributed by atoms with van der Waals surface area (Å²) in [4.78, 5) is 53.0. The van der Waals surface area contributed by atoms with Gasteiger partial charge in [-0.05, 0) is 63.4 Å². The number of Topliss-reactive ketones (excluding diaryl/α,β-unsaturated/α-hetero) is 1. The summed E-state index contributed by atoms with van der Waals surface area (Å²) in [6.45, 7) is 10.5. The average molecular weight is 473 g/mol. The van der Waals surface area contributed by atoms with Crippen molar-refractivity contribution in [2.75, 3.05) is 19.8 Å². The number of ether oxygens (including phenoxy) is 3. The molecule has 0 aliphatic carbocycles. The molecule has 0 bridgehead atoms. The predicted octanol–water partition coefficient (Wildman–Crippen LogP) is 3.39. The number of H-pyrrole nitrogens is 1. The van der Waals surface area contributed by atoms with Crippen LogP contribution in [-0.4, -0.2) is 54.5 Å². The van der Waals surface area contributed by atoms with E-state index >= 15 is 0 Å². The maximum Gasteiger partial charge on any atom is 0.340 e. The number of rotatable bonds is 11. The first-order valence-corrected chi connectivity index (χ1v) is 11.2. The highest BCUT2D eigenvalue weighted by molar-refractivity contribution is 6.03. The van der Waals surface area contributed by atoms with Crippen molar-refractivity contribution in [2.24, 2.45) is 5.92 Å². The molecule has 34 heavy (non-hydrogen) atoms. The third-order valence-electron chi connectivity index (χ3n) is 5.18. The Kier molecular flexibility index (Phi) is 9.41. The minimum Gasteiger partial charge on any atom is -0.494 e. The van der Waals surface area contributed by atoms with E-state index in [0.717, 1.165) is 0 Å². The number of amides is 1. The normalized spacial score (nSPS) is 11.6. The van der Waals surface area contributed by atoms with Crippen molar-refractivity contribution >= 4 is 23.6 Å². The molecule has 0 radical (unpaired) electrons. The van der Waals surface area contributed by atoms with Crippen LogP contribution in [0.3, 0.4) is 0 Å². The molecule has 0 aliphatic rings. The van der Waals surface area contributed by atoms with Gasteiger partial charge in [0.05, 0.1) is 24.5 Å². The lowest BCUT2D eigenvalue weighted by molar-refractivity contribution is -0.145. The average Bonchev–Trinajstić information content (AvgIpc) is 3.10. The number of ketones is 1. The van der Waals surface area contributed by atoms with Gasteiger partial charge in [0.25, 0.3) is 5.91 Å². The van der Waals surface area contributed by atoms with Crippen molar-refractivity contribution < 1.29 is 33.4 Å². The fourth-order valence-electron chi connectivity index (χ4n) is 3.43. The summed E-state index contributed by atoms with van der Waals surface area (Å²) in [7, 11) is 0. The summed E-state index contributed by atoms with van der Waals surface area (Å²) < 4.78 is 15.6. The molecule has 1 unspecified atom stereocenters. The Hall–Kier alpha value is -3.62. The molecular weight excluding hydrogens is 440 g/mol. The van der Waals surface area contributed by atoms with Crippen LogP contribution in [0.2, 0.25) is 0 Å². The van der Waals surface area contributed by atoms with Crippen molar-refractivity contribution in [3.63, 3.8) is 0 Å². The van der Waals surface area contributed by atoms with Gasteiger partial charge >= 0.3 is 11.9 Å². The molecule has 0 saturated heterocycles. The molecule has 1 aromatic carbocycles. The Balaban J connectivity index is 2.05. The Morgan fingerprint density at radius 2 is 1.62 bits per heavy atom. The fourth-order valence-corrected chi connectivity index (χ4v) is 3.43. The molecule has 9 nitrogen and oxygen atoms in total. The Morgan fingerprint density at radius 1 is 0.971 bits per heavy atom. The highest BCUT2D eigenvalue weighted by atomic mass is 16.5. The number of aromatic amines is 1. The molecule has 184 valence electrons. The molecule has 9 heteroatoms. The van der Waals surface area contributed by atoms with E-state index in [9.17, 15) is 19.2 Å². The van der Waals surface area contributed by atoms with Crippen LogP contribution in [0.15, 0.2) is 24.3 Å². The van der Waals surface area contributed by atoms with Gasteiger partial charge in [0, 0.05) is 11.3 Å². The zero-order valence-corrected chi connectivity index (χ0v) is 20.4. The fraction of sp³-hybridized carbons (Fsp3) is 0.440. The SMILES string of the molecule is CCOC(=O)c1c(C)[nH]c(C(=O)COC(=O)C(NC(=O)c2ccc(OCC)cc2)C(C)C)c1C. The van der Waals surface area contributed by atoms with Crippen molar-refractivity contribution in [1.29, 1.82) is 0 Å². The van der Waals surface area contributed by atoms with Crippen LogP contribution >= 0.6 is 0 Å². The van der Waals surface area contributed by atoms with Gasteiger partial charge in [-0.1, -0.05) is 13.8 Å². The molecule has 1 amide bonds. The van der Waals surface area contributed by atoms with E-state index in [1.165, 1.54) is 0 Å². The molecule has 2 N–H and O–H groups in total. The molecule has 0 fully saturated rings. The summed E-state index contributed by atoms with van der Waals surface area (Å²) in [5, 5.41) is 2.67. The smallest absolute Gasteiger partial charge is 0.340 e. The van der Waals surface area contributed by atoms with E-state index in [1.807, 2.05) is 6.92 Å². The standard InChI is InChI=1S/C25H32N2O7/c1-7-32-18-11-9-17(10-12-18)23(29)27-21(14(3)4)25(31)34-13-19(28)22-15(5)20(16(6)26-22)24(30)33-8-2/h9-12,14,21,26H,7-8,13H2,1-6H3,(H,27,29). The summed E-state index contributed by atoms with van der Waals surface area (Å²) in [5.74, 6) is -1.84. The van der Waals surface area contributed by atoms with Gasteiger partial charge in [-0.3, -0.25) is 9.59 Å². The maximum atomic E-state index is 12.7. The zero-order chi connectivity index (χ0) is 25.4. The zero-order valence-electron chi connectivity index (χ0n) is 20.4. The topological polar surface area (TPSA) is 124 Å². The van der Waals surface area contributed by atoms with E-state index < -0.39 is 36.3 Å². The monoisotopic (exact) mass is 472 g/mol. The predicted molar refractivity (Wildman–Crippen MR) is 125 cm³/mol. The number of aryl methyl sites for hydroxylation is 1. The second-order valence-electron chi connectivity index (χ2n) is 8.03. The number of hydrogen-bond donors (Lipinski definition) is 2. The highest BCUT2D eigenvalue weighted by Crippen LogP contribution is 2.20. The minimum atomic E-state index is -0.951. The van der Waals surface area contributed by atoms with Gasteiger partial charge in [-0.25, -0.2) is 9.59 Å². The molecule has 2 rings (SSSR count). The lowest BCUT2D eigenvalue weighted by atomic mass is 10.0. The second kappa shape index (κ2) is 12.0. The number of carbonyl (C=O) groups excluding carboxylic acids is 4. The van der Waals surface area contributed by atoms with Crippen molar-refractivity contribution in [3.05, 3.63) is 52.3 Å². The summed E-state index contributed by atoms with van der Waals surface area (Å²) in [6.07, 6.45) is 0. The third kappa shape index (κ3) is 6.46. The van der Waals surface area contributed by atoms with Crippen LogP contribution in [0.25, 0.3) is 0 Å². The lowest BCUT2D eigenvalue weighted by Crippen LogP contribution is -2.45. The van der Waals surface area contributed by atoms with Crippen molar-refractivity contribution in [2.45, 2.75) is 47.6 Å². The Labute approximate surface area is 199 Å². The molecular formula is C25H32N2O7. The van der Waals surface area contributed by atoms with E-state index in [1.54, 1.807) is 58.9 Å². The van der Waals surface area contributed by atoms with Gasteiger partial charge in [-0.15, -0.1) is 0 Å². The van der Waals surface area contributed by atoms with E-state index in [0.29, 0.717) is 34.7 Å². The molecule has 1 heterocycles. The molecule has 2 aromatic rings. The van der Waals surface area contributed by atoms with Crippen LogP contribution < -0.4 is 10.1 Å². The van der Waals surface area contributed by atoms with Crippen LogP contribution in [0.5, 0.6) is 5.75 Å². The molecule has 1 atom stereocenters. The highest BCUT2D eigenvalue weighted by Gasteiger charge is 2.28. The minimum absolute atomic E-state index is 0.174. The first-order valence-electron chi connectivity index (χ1n) is 11.2. The first-order chi connectivity index (χ1) is 16.1. The number of esters is 2. The van der Waals surface area contributed by atoms with Crippen molar-refractivity contribution in [1.82, 2.24) is 10.3 Å². The molecule has 0 spiro atoms. The Bertz CT molecular complexity index is 1040. The maximum absolute atomic E-state index is 12.7. The van der Waals surface area contributed by atoms with Crippen molar-refractivity contribution in [3.8, 4) is 5.75 Å². The molecule has 1 aromatic heterocycles. The van der Waals surface area contributed by atoms with Crippen LogP contribution in [0.1, 0.15) is 70.2 Å². The van der Waals surface area contributed by atoms with Gasteiger partial charge in [-0.2, -0.15) is 0 Å². The number of benzene rings is 1. The van der Waals surface area contributed by atoms with Crippen LogP contribution in [0.4, 0.5) is 0 Å².